The molecule has 3 aliphatic heterocycles. The minimum atomic E-state index is -2.12. The number of amides is 4. The summed E-state index contributed by atoms with van der Waals surface area (Å²) in [4.78, 5) is 57.5. The number of anilines is 3. The molecule has 1 saturated carbocycles. The van der Waals surface area contributed by atoms with Crippen LogP contribution in [0.25, 0.3) is 0 Å². The Morgan fingerprint density at radius 2 is 1.48 bits per heavy atom. The highest BCUT2D eigenvalue weighted by Crippen LogP contribution is 2.66. The van der Waals surface area contributed by atoms with Crippen LogP contribution in [0.3, 0.4) is 0 Å². The lowest BCUT2D eigenvalue weighted by Gasteiger charge is -2.50. The third-order valence-electron chi connectivity index (χ3n) is 10.9. The molecule has 0 unspecified atom stereocenters. The summed E-state index contributed by atoms with van der Waals surface area (Å²) >= 11 is 14.9. The standard InChI is InChI=1S/C37H32Cl2FN3O7/c1-49-29-18-24(44)10-11-26(29)31-25-12-13-27-30(33(46)42(32(27)45)22-8-6-21(7-9-22)41-14-16-50-17-15-41)28(25)19-36(38)34(47)43(35(48)37(31,36)39)23-4-2-20(40)3-5-23/h2-12,18,27-28,30-31,44H,13-17,19H2,1H3/t27-,28+,30-,31+,36+,37-/m0/s1. The zero-order chi connectivity index (χ0) is 35.1. The van der Waals surface area contributed by atoms with Gasteiger partial charge in [-0.3, -0.25) is 24.1 Å². The quantitative estimate of drug-likeness (QED) is 0.219. The molecule has 4 amide bonds. The number of carbonyl (C=O) groups excluding carboxylic acids is 4. The van der Waals surface area contributed by atoms with Gasteiger partial charge < -0.3 is 19.5 Å². The number of morpholine rings is 1. The van der Waals surface area contributed by atoms with Crippen molar-refractivity contribution in [2.75, 3.05) is 48.1 Å². The molecule has 5 aliphatic rings. The predicted molar refractivity (Wildman–Crippen MR) is 183 cm³/mol. The van der Waals surface area contributed by atoms with Crippen molar-refractivity contribution in [3.8, 4) is 11.5 Å². The van der Waals surface area contributed by atoms with Crippen LogP contribution >= 0.6 is 23.2 Å². The van der Waals surface area contributed by atoms with Crippen LogP contribution in [0.2, 0.25) is 0 Å². The topological polar surface area (TPSA) is 117 Å². The molecule has 4 fully saturated rings. The maximum absolute atomic E-state index is 14.5. The van der Waals surface area contributed by atoms with E-state index in [1.165, 1.54) is 36.3 Å². The SMILES string of the molecule is COc1cc(O)ccc1[C@H]1C2=CC[C@@H]3C(=O)N(c4ccc(N5CCOCC5)cc4)C(=O)[C@@H]3[C@@H]2C[C@@]2(Cl)C(=O)N(c3ccc(F)cc3)C(=O)[C@@]12Cl. The minimum absolute atomic E-state index is 0.0842. The summed E-state index contributed by atoms with van der Waals surface area (Å²) in [6, 6.07) is 16.4. The normalized spacial score (nSPS) is 30.6. The number of alkyl halides is 2. The van der Waals surface area contributed by atoms with Gasteiger partial charge in [0.2, 0.25) is 11.8 Å². The first-order valence-electron chi connectivity index (χ1n) is 16.4. The number of imide groups is 2. The maximum atomic E-state index is 14.5. The van der Waals surface area contributed by atoms with E-state index >= 15 is 0 Å². The van der Waals surface area contributed by atoms with Gasteiger partial charge in [-0.15, -0.1) is 23.2 Å². The summed E-state index contributed by atoms with van der Waals surface area (Å²) in [5.41, 5.74) is 2.42. The molecular formula is C37H32Cl2FN3O7. The Labute approximate surface area is 296 Å². The second kappa shape index (κ2) is 11.8. The van der Waals surface area contributed by atoms with E-state index in [-0.39, 0.29) is 35.9 Å². The molecule has 1 N–H and O–H groups in total. The van der Waals surface area contributed by atoms with Crippen LogP contribution in [0, 0.1) is 23.6 Å². The number of nitrogens with zero attached hydrogens (tertiary/aromatic N) is 3. The first kappa shape index (κ1) is 32.7. The Bertz CT molecular complexity index is 1970. The van der Waals surface area contributed by atoms with E-state index in [1.807, 2.05) is 18.2 Å². The molecule has 0 radical (unpaired) electrons. The Kier molecular flexibility index (Phi) is 7.74. The fourth-order valence-corrected chi connectivity index (χ4v) is 9.50. The molecule has 8 rings (SSSR count). The molecule has 50 heavy (non-hydrogen) atoms. The fraction of sp³-hybridized carbons (Fsp3) is 0.351. The van der Waals surface area contributed by atoms with E-state index in [4.69, 9.17) is 32.7 Å². The van der Waals surface area contributed by atoms with Crippen LogP contribution < -0.4 is 19.4 Å². The molecule has 3 aromatic carbocycles. The number of ether oxygens (including phenoxy) is 2. The molecular weight excluding hydrogens is 688 g/mol. The summed E-state index contributed by atoms with van der Waals surface area (Å²) < 4.78 is 25.0. The molecule has 0 bridgehead atoms. The first-order chi connectivity index (χ1) is 24.0. The molecule has 2 aliphatic carbocycles. The third-order valence-corrected chi connectivity index (χ3v) is 12.3. The lowest BCUT2D eigenvalue weighted by molar-refractivity contribution is -0.125. The van der Waals surface area contributed by atoms with Gasteiger partial charge in [0.15, 0.2) is 9.75 Å². The highest BCUT2D eigenvalue weighted by atomic mass is 35.5. The van der Waals surface area contributed by atoms with Gasteiger partial charge in [-0.2, -0.15) is 0 Å². The average molecular weight is 721 g/mol. The number of halogens is 3. The molecule has 258 valence electrons. The summed E-state index contributed by atoms with van der Waals surface area (Å²) in [7, 11) is 1.40. The number of phenolic OH excluding ortho intramolecular Hbond substituents is 1. The Morgan fingerprint density at radius 3 is 2.16 bits per heavy atom. The van der Waals surface area contributed by atoms with Gasteiger partial charge in [0, 0.05) is 36.3 Å². The number of phenols is 1. The van der Waals surface area contributed by atoms with Gasteiger partial charge in [0.1, 0.15) is 17.3 Å². The van der Waals surface area contributed by atoms with Crippen LogP contribution in [0.5, 0.6) is 11.5 Å². The van der Waals surface area contributed by atoms with Crippen molar-refractivity contribution in [3.05, 3.63) is 89.8 Å². The molecule has 3 heterocycles. The fourth-order valence-electron chi connectivity index (χ4n) is 8.57. The van der Waals surface area contributed by atoms with Crippen LogP contribution in [-0.2, 0) is 23.9 Å². The van der Waals surface area contributed by atoms with Crippen molar-refractivity contribution in [2.24, 2.45) is 17.8 Å². The molecule has 13 heteroatoms. The van der Waals surface area contributed by atoms with Gasteiger partial charge in [-0.05, 0) is 73.4 Å². The van der Waals surface area contributed by atoms with E-state index < -0.39 is 57.0 Å². The second-order valence-corrected chi connectivity index (χ2v) is 14.5. The van der Waals surface area contributed by atoms with Gasteiger partial charge in [0.25, 0.3) is 11.8 Å². The van der Waals surface area contributed by atoms with Crippen molar-refractivity contribution in [3.63, 3.8) is 0 Å². The summed E-state index contributed by atoms with van der Waals surface area (Å²) in [5, 5.41) is 10.3. The number of allylic oxidation sites excluding steroid dienone is 2. The monoisotopic (exact) mass is 719 g/mol. The highest BCUT2D eigenvalue weighted by molar-refractivity contribution is 6.58. The van der Waals surface area contributed by atoms with Crippen LogP contribution in [-0.4, -0.2) is 71.9 Å². The summed E-state index contributed by atoms with van der Waals surface area (Å²) in [6.07, 6.45) is 1.80. The lowest BCUT2D eigenvalue weighted by atomic mass is 9.56. The average Bonchev–Trinajstić information content (AvgIpc) is 3.47. The summed E-state index contributed by atoms with van der Waals surface area (Å²) in [6.45, 7) is 2.69. The Morgan fingerprint density at radius 1 is 0.840 bits per heavy atom. The van der Waals surface area contributed by atoms with Crippen LogP contribution in [0.15, 0.2) is 78.4 Å². The number of methoxy groups -OCH3 is 1. The number of hydrogen-bond donors (Lipinski definition) is 1. The van der Waals surface area contributed by atoms with E-state index in [1.54, 1.807) is 18.2 Å². The van der Waals surface area contributed by atoms with Crippen molar-refractivity contribution in [2.45, 2.75) is 28.5 Å². The highest BCUT2D eigenvalue weighted by Gasteiger charge is 2.77. The Hall–Kier alpha value is -4.45. The smallest absolute Gasteiger partial charge is 0.258 e. The van der Waals surface area contributed by atoms with Gasteiger partial charge in [-0.1, -0.05) is 17.7 Å². The van der Waals surface area contributed by atoms with E-state index in [9.17, 15) is 28.7 Å². The zero-order valence-electron chi connectivity index (χ0n) is 26.9. The second-order valence-electron chi connectivity index (χ2n) is 13.3. The third kappa shape index (κ3) is 4.56. The molecule has 6 atom stereocenters. The van der Waals surface area contributed by atoms with Crippen LogP contribution in [0.1, 0.15) is 24.3 Å². The number of fused-ring (bicyclic) bond motifs is 4. The molecule has 10 nitrogen and oxygen atoms in total. The largest absolute Gasteiger partial charge is 0.508 e. The zero-order valence-corrected chi connectivity index (χ0v) is 28.4. The maximum Gasteiger partial charge on any atom is 0.258 e. The first-order valence-corrected chi connectivity index (χ1v) is 17.1. The number of rotatable bonds is 5. The minimum Gasteiger partial charge on any atom is -0.508 e. The van der Waals surface area contributed by atoms with Gasteiger partial charge in [-0.25, -0.2) is 9.29 Å². The van der Waals surface area contributed by atoms with Gasteiger partial charge in [0.05, 0.1) is 43.5 Å². The number of aromatic hydroxyl groups is 1. The number of hydrogen-bond acceptors (Lipinski definition) is 8. The lowest BCUT2D eigenvalue weighted by Crippen LogP contribution is -2.60. The van der Waals surface area contributed by atoms with Crippen molar-refractivity contribution < 1.29 is 38.1 Å². The Balaban J connectivity index is 1.23. The van der Waals surface area contributed by atoms with Crippen molar-refractivity contribution >= 4 is 63.9 Å². The molecule has 0 spiro atoms. The van der Waals surface area contributed by atoms with Crippen molar-refractivity contribution in [1.82, 2.24) is 0 Å². The molecule has 3 saturated heterocycles. The number of carbonyl (C=O) groups is 4. The van der Waals surface area contributed by atoms with E-state index in [0.29, 0.717) is 30.0 Å². The molecule has 3 aromatic rings. The van der Waals surface area contributed by atoms with Gasteiger partial charge >= 0.3 is 0 Å². The number of benzene rings is 3. The van der Waals surface area contributed by atoms with Crippen LogP contribution in [0.4, 0.5) is 21.5 Å². The van der Waals surface area contributed by atoms with E-state index in [2.05, 4.69) is 4.90 Å². The summed E-state index contributed by atoms with van der Waals surface area (Å²) in [5.74, 6) is -6.41. The van der Waals surface area contributed by atoms with Crippen molar-refractivity contribution in [1.29, 1.82) is 0 Å². The van der Waals surface area contributed by atoms with E-state index in [0.717, 1.165) is 35.8 Å². The predicted octanol–water partition coefficient (Wildman–Crippen LogP) is 5.14. The molecule has 0 aromatic heterocycles.